The third-order valence-corrected chi connectivity index (χ3v) is 3.48. The SMILES string of the molecule is CC1CCCC(NCCC(N)=O)C1C. The standard InChI is InChI=1S/C11H22N2O/c1-8-4-3-5-10(9(8)2)13-7-6-11(12)14/h8-10,13H,3-7H2,1-2H3,(H2,12,14). The zero-order chi connectivity index (χ0) is 10.6. The number of carbonyl (C=O) groups excluding carboxylic acids is 1. The number of carbonyl (C=O) groups is 1. The molecule has 3 atom stereocenters. The van der Waals surface area contributed by atoms with E-state index in [0.717, 1.165) is 18.4 Å². The van der Waals surface area contributed by atoms with E-state index in [4.69, 9.17) is 5.73 Å². The summed E-state index contributed by atoms with van der Waals surface area (Å²) in [6.45, 7) is 5.34. The maximum atomic E-state index is 10.6. The minimum Gasteiger partial charge on any atom is -0.370 e. The Kier molecular flexibility index (Phi) is 4.39. The lowest BCUT2D eigenvalue weighted by Gasteiger charge is -2.34. The summed E-state index contributed by atoms with van der Waals surface area (Å²) in [5, 5.41) is 3.43. The fourth-order valence-corrected chi connectivity index (χ4v) is 2.25. The van der Waals surface area contributed by atoms with Crippen LogP contribution in [-0.4, -0.2) is 18.5 Å². The third-order valence-electron chi connectivity index (χ3n) is 3.48. The molecule has 0 aromatic carbocycles. The lowest BCUT2D eigenvalue weighted by Crippen LogP contribution is -2.41. The van der Waals surface area contributed by atoms with Crippen LogP contribution >= 0.6 is 0 Å². The Bertz CT molecular complexity index is 194. The van der Waals surface area contributed by atoms with Crippen molar-refractivity contribution in [3.8, 4) is 0 Å². The van der Waals surface area contributed by atoms with Gasteiger partial charge in [0.05, 0.1) is 0 Å². The molecule has 3 nitrogen and oxygen atoms in total. The highest BCUT2D eigenvalue weighted by Gasteiger charge is 2.26. The van der Waals surface area contributed by atoms with Gasteiger partial charge in [-0.05, 0) is 18.3 Å². The molecule has 1 amide bonds. The molecule has 3 unspecified atom stereocenters. The molecule has 3 N–H and O–H groups in total. The second kappa shape index (κ2) is 5.35. The molecule has 0 heterocycles. The highest BCUT2D eigenvalue weighted by atomic mass is 16.1. The van der Waals surface area contributed by atoms with E-state index in [2.05, 4.69) is 19.2 Å². The number of hydrogen-bond acceptors (Lipinski definition) is 2. The van der Waals surface area contributed by atoms with Gasteiger partial charge in [0.1, 0.15) is 0 Å². The molecule has 1 rings (SSSR count). The van der Waals surface area contributed by atoms with E-state index in [-0.39, 0.29) is 5.91 Å². The first-order chi connectivity index (χ1) is 6.61. The normalized spacial score (nSPS) is 32.9. The number of hydrogen-bond donors (Lipinski definition) is 2. The van der Waals surface area contributed by atoms with E-state index in [1.165, 1.54) is 19.3 Å². The number of amides is 1. The fraction of sp³-hybridized carbons (Fsp3) is 0.909. The minimum atomic E-state index is -0.214. The first-order valence-electron chi connectivity index (χ1n) is 5.63. The Hall–Kier alpha value is -0.570. The molecule has 14 heavy (non-hydrogen) atoms. The molecule has 1 aliphatic carbocycles. The predicted molar refractivity (Wildman–Crippen MR) is 57.8 cm³/mol. The van der Waals surface area contributed by atoms with Gasteiger partial charge >= 0.3 is 0 Å². The average Bonchev–Trinajstić information content (AvgIpc) is 2.12. The van der Waals surface area contributed by atoms with Crippen molar-refractivity contribution in [1.82, 2.24) is 5.32 Å². The maximum absolute atomic E-state index is 10.6. The van der Waals surface area contributed by atoms with E-state index >= 15 is 0 Å². The van der Waals surface area contributed by atoms with E-state index in [0.29, 0.717) is 12.5 Å². The number of nitrogens with one attached hydrogen (secondary N) is 1. The van der Waals surface area contributed by atoms with Crippen LogP contribution in [0, 0.1) is 11.8 Å². The van der Waals surface area contributed by atoms with Gasteiger partial charge < -0.3 is 11.1 Å². The highest BCUT2D eigenvalue weighted by Crippen LogP contribution is 2.29. The van der Waals surface area contributed by atoms with Crippen LogP contribution in [0.2, 0.25) is 0 Å². The van der Waals surface area contributed by atoms with Crippen molar-refractivity contribution in [3.63, 3.8) is 0 Å². The van der Waals surface area contributed by atoms with Gasteiger partial charge in [0, 0.05) is 19.0 Å². The molecular weight excluding hydrogens is 176 g/mol. The molecule has 3 heteroatoms. The van der Waals surface area contributed by atoms with Gasteiger partial charge in [0.2, 0.25) is 5.91 Å². The number of rotatable bonds is 4. The molecule has 0 saturated heterocycles. The van der Waals surface area contributed by atoms with Crippen LogP contribution in [0.3, 0.4) is 0 Å². The van der Waals surface area contributed by atoms with Crippen LogP contribution in [0.4, 0.5) is 0 Å². The van der Waals surface area contributed by atoms with Crippen molar-refractivity contribution in [2.45, 2.75) is 45.6 Å². The lowest BCUT2D eigenvalue weighted by molar-refractivity contribution is -0.117. The summed E-state index contributed by atoms with van der Waals surface area (Å²) in [4.78, 5) is 10.6. The average molecular weight is 198 g/mol. The molecule has 0 aliphatic heterocycles. The fourth-order valence-electron chi connectivity index (χ4n) is 2.25. The second-order valence-electron chi connectivity index (χ2n) is 4.54. The van der Waals surface area contributed by atoms with Crippen molar-refractivity contribution < 1.29 is 4.79 Å². The van der Waals surface area contributed by atoms with Crippen LogP contribution in [0.25, 0.3) is 0 Å². The van der Waals surface area contributed by atoms with Crippen molar-refractivity contribution in [3.05, 3.63) is 0 Å². The van der Waals surface area contributed by atoms with Crippen molar-refractivity contribution in [1.29, 1.82) is 0 Å². The van der Waals surface area contributed by atoms with Crippen LogP contribution in [0.15, 0.2) is 0 Å². The van der Waals surface area contributed by atoms with Gasteiger partial charge in [0.25, 0.3) is 0 Å². The summed E-state index contributed by atoms with van der Waals surface area (Å²) in [5.74, 6) is 1.31. The Labute approximate surface area is 86.4 Å². The quantitative estimate of drug-likeness (QED) is 0.715. The maximum Gasteiger partial charge on any atom is 0.218 e. The lowest BCUT2D eigenvalue weighted by atomic mass is 9.78. The van der Waals surface area contributed by atoms with Crippen LogP contribution < -0.4 is 11.1 Å². The molecule has 0 aromatic rings. The van der Waals surface area contributed by atoms with Gasteiger partial charge in [0.15, 0.2) is 0 Å². The number of primary amides is 1. The first kappa shape index (κ1) is 11.5. The van der Waals surface area contributed by atoms with Gasteiger partial charge in [-0.25, -0.2) is 0 Å². The summed E-state index contributed by atoms with van der Waals surface area (Å²) >= 11 is 0. The number of nitrogens with two attached hydrogens (primary N) is 1. The molecule has 0 radical (unpaired) electrons. The first-order valence-corrected chi connectivity index (χ1v) is 5.63. The van der Waals surface area contributed by atoms with Crippen LogP contribution in [-0.2, 0) is 4.79 Å². The van der Waals surface area contributed by atoms with Gasteiger partial charge in [-0.2, -0.15) is 0 Å². The summed E-state index contributed by atoms with van der Waals surface area (Å²) in [7, 11) is 0. The predicted octanol–water partition coefficient (Wildman–Crippen LogP) is 1.28. The molecule has 82 valence electrons. The molecule has 0 bridgehead atoms. The van der Waals surface area contributed by atoms with Gasteiger partial charge in [-0.15, -0.1) is 0 Å². The van der Waals surface area contributed by atoms with Crippen molar-refractivity contribution in [2.75, 3.05) is 6.54 Å². The summed E-state index contributed by atoms with van der Waals surface area (Å²) in [6, 6.07) is 0.582. The zero-order valence-electron chi connectivity index (χ0n) is 9.25. The van der Waals surface area contributed by atoms with Crippen molar-refractivity contribution >= 4 is 5.91 Å². The van der Waals surface area contributed by atoms with Crippen LogP contribution in [0.1, 0.15) is 39.5 Å². The van der Waals surface area contributed by atoms with E-state index in [1.54, 1.807) is 0 Å². The van der Waals surface area contributed by atoms with E-state index < -0.39 is 0 Å². The molecule has 1 aliphatic rings. The topological polar surface area (TPSA) is 55.1 Å². The zero-order valence-corrected chi connectivity index (χ0v) is 9.25. The summed E-state index contributed by atoms with van der Waals surface area (Å²) < 4.78 is 0. The Morgan fingerprint density at radius 3 is 2.79 bits per heavy atom. The highest BCUT2D eigenvalue weighted by molar-refractivity contribution is 5.73. The summed E-state index contributed by atoms with van der Waals surface area (Å²) in [6.07, 6.45) is 4.34. The van der Waals surface area contributed by atoms with Crippen molar-refractivity contribution in [2.24, 2.45) is 17.6 Å². The Morgan fingerprint density at radius 2 is 2.14 bits per heavy atom. The smallest absolute Gasteiger partial charge is 0.218 e. The van der Waals surface area contributed by atoms with E-state index in [9.17, 15) is 4.79 Å². The Balaban J connectivity index is 2.25. The van der Waals surface area contributed by atoms with Gasteiger partial charge in [-0.1, -0.05) is 26.7 Å². The molecule has 0 spiro atoms. The monoisotopic (exact) mass is 198 g/mol. The summed E-state index contributed by atoms with van der Waals surface area (Å²) in [5.41, 5.74) is 5.09. The molecule has 1 saturated carbocycles. The second-order valence-corrected chi connectivity index (χ2v) is 4.54. The molecular formula is C11H22N2O. The molecule has 1 fully saturated rings. The van der Waals surface area contributed by atoms with Crippen LogP contribution in [0.5, 0.6) is 0 Å². The van der Waals surface area contributed by atoms with Gasteiger partial charge in [-0.3, -0.25) is 4.79 Å². The molecule has 0 aromatic heterocycles. The van der Waals surface area contributed by atoms with E-state index in [1.807, 2.05) is 0 Å². The third kappa shape index (κ3) is 3.29. The Morgan fingerprint density at radius 1 is 1.43 bits per heavy atom. The largest absolute Gasteiger partial charge is 0.370 e. The minimum absolute atomic E-state index is 0.214.